The first-order valence-electron chi connectivity index (χ1n) is 7.58. The predicted molar refractivity (Wildman–Crippen MR) is 74.1 cm³/mol. The Balaban J connectivity index is 1.98. The number of nitrogens with two attached hydrogens (primary N) is 1. The molecule has 100 valence electrons. The van der Waals surface area contributed by atoms with E-state index < -0.39 is 0 Å². The van der Waals surface area contributed by atoms with Gasteiger partial charge in [0.05, 0.1) is 0 Å². The van der Waals surface area contributed by atoms with Crippen molar-refractivity contribution in [2.75, 3.05) is 14.1 Å². The van der Waals surface area contributed by atoms with Crippen molar-refractivity contribution in [1.82, 2.24) is 4.90 Å². The lowest BCUT2D eigenvalue weighted by molar-refractivity contribution is 0.0624. The highest BCUT2D eigenvalue weighted by molar-refractivity contribution is 4.99. The molecule has 2 aliphatic rings. The second-order valence-electron chi connectivity index (χ2n) is 6.55. The summed E-state index contributed by atoms with van der Waals surface area (Å²) in [6.07, 6.45) is 13.8. The van der Waals surface area contributed by atoms with E-state index in [0.717, 1.165) is 5.92 Å². The van der Waals surface area contributed by atoms with Crippen LogP contribution in [0.1, 0.15) is 64.2 Å². The Labute approximate surface area is 107 Å². The molecule has 2 fully saturated rings. The molecule has 0 bridgehead atoms. The zero-order valence-corrected chi connectivity index (χ0v) is 11.8. The maximum atomic E-state index is 6.62. The molecule has 0 spiro atoms. The molecule has 0 amide bonds. The minimum Gasteiger partial charge on any atom is -0.326 e. The van der Waals surface area contributed by atoms with Crippen LogP contribution in [0.25, 0.3) is 0 Å². The molecular weight excluding hydrogens is 208 g/mol. The van der Waals surface area contributed by atoms with Gasteiger partial charge in [-0.3, -0.25) is 0 Å². The van der Waals surface area contributed by atoms with Crippen LogP contribution in [0.3, 0.4) is 0 Å². The van der Waals surface area contributed by atoms with E-state index in [9.17, 15) is 0 Å². The van der Waals surface area contributed by atoms with Crippen molar-refractivity contribution in [3.05, 3.63) is 0 Å². The Morgan fingerprint density at radius 1 is 1.06 bits per heavy atom. The molecule has 0 aliphatic heterocycles. The van der Waals surface area contributed by atoms with Crippen LogP contribution >= 0.6 is 0 Å². The van der Waals surface area contributed by atoms with Crippen LogP contribution in [0.2, 0.25) is 0 Å². The fourth-order valence-corrected chi connectivity index (χ4v) is 4.14. The minimum atomic E-state index is 0.306. The van der Waals surface area contributed by atoms with Crippen LogP contribution in [0.4, 0.5) is 0 Å². The van der Waals surface area contributed by atoms with E-state index in [2.05, 4.69) is 19.0 Å². The minimum absolute atomic E-state index is 0.306. The Morgan fingerprint density at radius 2 is 1.65 bits per heavy atom. The maximum Gasteiger partial charge on any atom is 0.0354 e. The van der Waals surface area contributed by atoms with E-state index in [-0.39, 0.29) is 0 Å². The van der Waals surface area contributed by atoms with Gasteiger partial charge < -0.3 is 10.6 Å². The van der Waals surface area contributed by atoms with Gasteiger partial charge in [0.2, 0.25) is 0 Å². The van der Waals surface area contributed by atoms with Crippen LogP contribution in [0.15, 0.2) is 0 Å². The molecule has 0 heterocycles. The zero-order valence-electron chi connectivity index (χ0n) is 11.8. The highest BCUT2D eigenvalue weighted by Crippen LogP contribution is 2.38. The van der Waals surface area contributed by atoms with Gasteiger partial charge in [-0.2, -0.15) is 0 Å². The number of nitrogens with zero attached hydrogens (tertiary/aromatic N) is 1. The van der Waals surface area contributed by atoms with Crippen molar-refractivity contribution in [3.8, 4) is 0 Å². The fourth-order valence-electron chi connectivity index (χ4n) is 4.14. The van der Waals surface area contributed by atoms with Gasteiger partial charge in [-0.15, -0.1) is 0 Å². The first kappa shape index (κ1) is 13.4. The molecule has 0 aromatic heterocycles. The Hall–Kier alpha value is -0.0800. The van der Waals surface area contributed by atoms with Crippen LogP contribution in [-0.2, 0) is 0 Å². The van der Waals surface area contributed by atoms with Crippen molar-refractivity contribution in [1.29, 1.82) is 0 Å². The van der Waals surface area contributed by atoms with Crippen molar-refractivity contribution < 1.29 is 0 Å². The standard InChI is InChI=1S/C15H30N2/c1-17(2)15(10-6-3-7-11-15)14(16)12-13-8-4-5-9-13/h13-14H,3-12,16H2,1-2H3. The smallest absolute Gasteiger partial charge is 0.0354 e. The summed E-state index contributed by atoms with van der Waals surface area (Å²) in [6, 6.07) is 0.390. The topological polar surface area (TPSA) is 29.3 Å². The Bertz CT molecular complexity index is 225. The van der Waals surface area contributed by atoms with E-state index in [4.69, 9.17) is 5.73 Å². The highest BCUT2D eigenvalue weighted by Gasteiger charge is 2.40. The molecular formula is C15H30N2. The van der Waals surface area contributed by atoms with Gasteiger partial charge in [0.25, 0.3) is 0 Å². The third kappa shape index (κ3) is 2.85. The van der Waals surface area contributed by atoms with Gasteiger partial charge in [-0.25, -0.2) is 0 Å². The molecule has 2 aliphatic carbocycles. The molecule has 17 heavy (non-hydrogen) atoms. The highest BCUT2D eigenvalue weighted by atomic mass is 15.2. The summed E-state index contributed by atoms with van der Waals surface area (Å²) in [7, 11) is 4.47. The zero-order chi connectivity index (χ0) is 12.3. The molecule has 0 aromatic carbocycles. The summed E-state index contributed by atoms with van der Waals surface area (Å²) in [5, 5.41) is 0. The fraction of sp³-hybridized carbons (Fsp3) is 1.00. The van der Waals surface area contributed by atoms with Gasteiger partial charge >= 0.3 is 0 Å². The predicted octanol–water partition coefficient (Wildman–Crippen LogP) is 3.16. The van der Waals surface area contributed by atoms with Crippen molar-refractivity contribution in [3.63, 3.8) is 0 Å². The Kier molecular flexibility index (Phi) is 4.48. The average molecular weight is 238 g/mol. The number of rotatable bonds is 4. The van der Waals surface area contributed by atoms with Gasteiger partial charge in [-0.05, 0) is 39.3 Å². The van der Waals surface area contributed by atoms with Crippen LogP contribution in [0, 0.1) is 5.92 Å². The van der Waals surface area contributed by atoms with Gasteiger partial charge in [-0.1, -0.05) is 44.9 Å². The van der Waals surface area contributed by atoms with Gasteiger partial charge in [0, 0.05) is 11.6 Å². The van der Waals surface area contributed by atoms with E-state index >= 15 is 0 Å². The molecule has 0 aromatic rings. The summed E-state index contributed by atoms with van der Waals surface area (Å²) in [6.45, 7) is 0. The Morgan fingerprint density at radius 3 is 2.18 bits per heavy atom. The molecule has 1 unspecified atom stereocenters. The van der Waals surface area contributed by atoms with Crippen LogP contribution in [0.5, 0.6) is 0 Å². The molecule has 2 nitrogen and oxygen atoms in total. The van der Waals surface area contributed by atoms with Crippen LogP contribution < -0.4 is 5.73 Å². The molecule has 2 saturated carbocycles. The third-order valence-electron chi connectivity index (χ3n) is 5.36. The van der Waals surface area contributed by atoms with Crippen molar-refractivity contribution >= 4 is 0 Å². The second-order valence-corrected chi connectivity index (χ2v) is 6.55. The van der Waals surface area contributed by atoms with Gasteiger partial charge in [0.1, 0.15) is 0 Å². The first-order valence-corrected chi connectivity index (χ1v) is 7.58. The summed E-state index contributed by atoms with van der Waals surface area (Å²) < 4.78 is 0. The average Bonchev–Trinajstić information content (AvgIpc) is 2.82. The monoisotopic (exact) mass is 238 g/mol. The lowest BCUT2D eigenvalue weighted by Gasteiger charge is -2.48. The second kappa shape index (κ2) is 5.71. The number of hydrogen-bond acceptors (Lipinski definition) is 2. The van der Waals surface area contributed by atoms with Crippen molar-refractivity contribution in [2.24, 2.45) is 11.7 Å². The molecule has 2 N–H and O–H groups in total. The van der Waals surface area contributed by atoms with Crippen LogP contribution in [-0.4, -0.2) is 30.6 Å². The third-order valence-corrected chi connectivity index (χ3v) is 5.36. The summed E-state index contributed by atoms with van der Waals surface area (Å²) >= 11 is 0. The summed E-state index contributed by atoms with van der Waals surface area (Å²) in [5.41, 5.74) is 6.93. The molecule has 2 rings (SSSR count). The molecule has 0 radical (unpaired) electrons. The lowest BCUT2D eigenvalue weighted by atomic mass is 9.73. The summed E-state index contributed by atoms with van der Waals surface area (Å²) in [5.74, 6) is 0.920. The van der Waals surface area contributed by atoms with E-state index in [1.54, 1.807) is 0 Å². The van der Waals surface area contributed by atoms with E-state index in [1.807, 2.05) is 0 Å². The number of likely N-dealkylation sites (N-methyl/N-ethyl adjacent to an activating group) is 1. The van der Waals surface area contributed by atoms with E-state index in [0.29, 0.717) is 11.6 Å². The quantitative estimate of drug-likeness (QED) is 0.815. The maximum absolute atomic E-state index is 6.62. The largest absolute Gasteiger partial charge is 0.326 e. The summed E-state index contributed by atoms with van der Waals surface area (Å²) in [4.78, 5) is 2.44. The molecule has 2 heteroatoms. The SMILES string of the molecule is CN(C)C1(C(N)CC2CCCC2)CCCCC1. The normalized spacial score (nSPS) is 27.5. The van der Waals surface area contributed by atoms with Gasteiger partial charge in [0.15, 0.2) is 0 Å². The number of hydrogen-bond donors (Lipinski definition) is 1. The first-order chi connectivity index (χ1) is 8.15. The van der Waals surface area contributed by atoms with E-state index in [1.165, 1.54) is 64.2 Å². The molecule has 1 atom stereocenters. The lowest BCUT2D eigenvalue weighted by Crippen LogP contribution is -2.58. The van der Waals surface area contributed by atoms with Crippen molar-refractivity contribution in [2.45, 2.75) is 75.8 Å². The molecule has 0 saturated heterocycles.